The van der Waals surface area contributed by atoms with E-state index < -0.39 is 0 Å². The first-order valence-corrected chi connectivity index (χ1v) is 5.78. The lowest BCUT2D eigenvalue weighted by Crippen LogP contribution is -2.37. The van der Waals surface area contributed by atoms with E-state index in [1.165, 1.54) is 25.0 Å². The van der Waals surface area contributed by atoms with Crippen molar-refractivity contribution in [1.29, 1.82) is 0 Å². The minimum absolute atomic E-state index is 0.171. The lowest BCUT2D eigenvalue weighted by molar-refractivity contribution is -0.142. The molecule has 0 aliphatic carbocycles. The van der Waals surface area contributed by atoms with Crippen LogP contribution in [0.1, 0.15) is 13.3 Å². The summed E-state index contributed by atoms with van der Waals surface area (Å²) in [7, 11) is 1.42. The molecule has 3 nitrogen and oxygen atoms in total. The Morgan fingerprint density at radius 3 is 3.08 bits per heavy atom. The Labute approximate surface area is 83.6 Å². The molecule has 76 valence electrons. The standard InChI is InChI=1S/C9H17NO2S/c1-7(9(11)12-2)10-5-8-3-4-13-6-8/h7-8,10H,3-6H2,1-2H3. The molecule has 1 saturated heterocycles. The SMILES string of the molecule is COC(=O)C(C)NCC1CCSC1. The average molecular weight is 203 g/mol. The van der Waals surface area contributed by atoms with E-state index in [0.717, 1.165) is 12.5 Å². The molecule has 0 aromatic carbocycles. The van der Waals surface area contributed by atoms with Crippen molar-refractivity contribution < 1.29 is 9.53 Å². The van der Waals surface area contributed by atoms with Gasteiger partial charge in [-0.2, -0.15) is 11.8 Å². The van der Waals surface area contributed by atoms with Crippen LogP contribution in [-0.2, 0) is 9.53 Å². The van der Waals surface area contributed by atoms with Crippen LogP contribution in [0.2, 0.25) is 0 Å². The Morgan fingerprint density at radius 2 is 2.54 bits per heavy atom. The van der Waals surface area contributed by atoms with Gasteiger partial charge in [-0.1, -0.05) is 0 Å². The van der Waals surface area contributed by atoms with Crippen LogP contribution in [0.15, 0.2) is 0 Å². The summed E-state index contributed by atoms with van der Waals surface area (Å²) in [5.41, 5.74) is 0. The van der Waals surface area contributed by atoms with Crippen LogP contribution < -0.4 is 5.32 Å². The number of ether oxygens (including phenoxy) is 1. The van der Waals surface area contributed by atoms with Crippen molar-refractivity contribution in [3.05, 3.63) is 0 Å². The Bertz CT molecular complexity index is 169. The summed E-state index contributed by atoms with van der Waals surface area (Å²) in [5.74, 6) is 3.04. The van der Waals surface area contributed by atoms with E-state index in [9.17, 15) is 4.79 Å². The largest absolute Gasteiger partial charge is 0.468 e. The molecule has 1 fully saturated rings. The molecule has 0 saturated carbocycles. The van der Waals surface area contributed by atoms with Gasteiger partial charge in [0.15, 0.2) is 0 Å². The molecule has 13 heavy (non-hydrogen) atoms. The highest BCUT2D eigenvalue weighted by Crippen LogP contribution is 2.22. The molecule has 0 radical (unpaired) electrons. The third-order valence-electron chi connectivity index (χ3n) is 2.29. The van der Waals surface area contributed by atoms with Gasteiger partial charge in [0.25, 0.3) is 0 Å². The van der Waals surface area contributed by atoms with Crippen molar-refractivity contribution in [1.82, 2.24) is 5.32 Å². The van der Waals surface area contributed by atoms with Gasteiger partial charge in [-0.05, 0) is 37.3 Å². The Hall–Kier alpha value is -0.220. The molecule has 2 atom stereocenters. The molecule has 0 aromatic rings. The van der Waals surface area contributed by atoms with Crippen LogP contribution in [0.3, 0.4) is 0 Å². The summed E-state index contributed by atoms with van der Waals surface area (Å²) in [6.45, 7) is 2.77. The average Bonchev–Trinajstić information content (AvgIpc) is 2.65. The first-order chi connectivity index (χ1) is 6.24. The van der Waals surface area contributed by atoms with Crippen molar-refractivity contribution in [2.24, 2.45) is 5.92 Å². The monoisotopic (exact) mass is 203 g/mol. The van der Waals surface area contributed by atoms with Gasteiger partial charge in [-0.3, -0.25) is 4.79 Å². The number of nitrogens with one attached hydrogen (secondary N) is 1. The third kappa shape index (κ3) is 3.56. The van der Waals surface area contributed by atoms with Gasteiger partial charge in [0.1, 0.15) is 6.04 Å². The Morgan fingerprint density at radius 1 is 1.77 bits per heavy atom. The lowest BCUT2D eigenvalue weighted by Gasteiger charge is -2.14. The van der Waals surface area contributed by atoms with Crippen LogP contribution in [0.5, 0.6) is 0 Å². The van der Waals surface area contributed by atoms with Crippen molar-refractivity contribution >= 4 is 17.7 Å². The molecule has 1 aliphatic rings. The second-order valence-electron chi connectivity index (χ2n) is 3.38. The second kappa shape index (κ2) is 5.50. The molecular formula is C9H17NO2S. The minimum atomic E-state index is -0.175. The highest BCUT2D eigenvalue weighted by Gasteiger charge is 2.18. The summed E-state index contributed by atoms with van der Waals surface area (Å²) < 4.78 is 4.62. The maximum Gasteiger partial charge on any atom is 0.322 e. The second-order valence-corrected chi connectivity index (χ2v) is 4.53. The van der Waals surface area contributed by atoms with Gasteiger partial charge in [0.2, 0.25) is 0 Å². The zero-order valence-corrected chi connectivity index (χ0v) is 9.02. The number of thioether (sulfide) groups is 1. The molecular weight excluding hydrogens is 186 g/mol. The van der Waals surface area contributed by atoms with Gasteiger partial charge in [-0.15, -0.1) is 0 Å². The summed E-state index contributed by atoms with van der Waals surface area (Å²) in [5, 5.41) is 3.19. The highest BCUT2D eigenvalue weighted by molar-refractivity contribution is 7.99. The predicted molar refractivity (Wildman–Crippen MR) is 54.9 cm³/mol. The smallest absolute Gasteiger partial charge is 0.322 e. The maximum atomic E-state index is 11.0. The number of rotatable bonds is 4. The van der Waals surface area contributed by atoms with Crippen LogP contribution in [0.4, 0.5) is 0 Å². The number of methoxy groups -OCH3 is 1. The summed E-state index contributed by atoms with van der Waals surface area (Å²) >= 11 is 1.99. The Balaban J connectivity index is 2.13. The molecule has 4 heteroatoms. The highest BCUT2D eigenvalue weighted by atomic mass is 32.2. The van der Waals surface area contributed by atoms with Crippen molar-refractivity contribution in [2.75, 3.05) is 25.2 Å². The van der Waals surface area contributed by atoms with E-state index in [-0.39, 0.29) is 12.0 Å². The number of esters is 1. The summed E-state index contributed by atoms with van der Waals surface area (Å²) in [4.78, 5) is 11.0. The third-order valence-corrected chi connectivity index (χ3v) is 3.52. The molecule has 0 aromatic heterocycles. The number of hydrogen-bond acceptors (Lipinski definition) is 4. The number of hydrogen-bond donors (Lipinski definition) is 1. The zero-order valence-electron chi connectivity index (χ0n) is 8.21. The molecule has 1 rings (SSSR count). The van der Waals surface area contributed by atoms with Gasteiger partial charge >= 0.3 is 5.97 Å². The first kappa shape index (κ1) is 10.9. The minimum Gasteiger partial charge on any atom is -0.468 e. The van der Waals surface area contributed by atoms with Gasteiger partial charge in [-0.25, -0.2) is 0 Å². The van der Waals surface area contributed by atoms with E-state index in [4.69, 9.17) is 0 Å². The summed E-state index contributed by atoms with van der Waals surface area (Å²) in [6.07, 6.45) is 1.27. The molecule has 0 amide bonds. The zero-order chi connectivity index (χ0) is 9.68. The molecule has 1 aliphatic heterocycles. The molecule has 1 heterocycles. The maximum absolute atomic E-state index is 11.0. The van der Waals surface area contributed by atoms with Crippen LogP contribution in [0.25, 0.3) is 0 Å². The number of carbonyl (C=O) groups is 1. The predicted octanol–water partition coefficient (Wildman–Crippen LogP) is 0.891. The van der Waals surface area contributed by atoms with Gasteiger partial charge in [0.05, 0.1) is 7.11 Å². The van der Waals surface area contributed by atoms with Gasteiger partial charge in [0, 0.05) is 0 Å². The van der Waals surface area contributed by atoms with Crippen molar-refractivity contribution in [2.45, 2.75) is 19.4 Å². The lowest BCUT2D eigenvalue weighted by atomic mass is 10.1. The topological polar surface area (TPSA) is 38.3 Å². The number of carbonyl (C=O) groups excluding carboxylic acids is 1. The molecule has 0 bridgehead atoms. The van der Waals surface area contributed by atoms with Crippen molar-refractivity contribution in [3.8, 4) is 0 Å². The molecule has 2 unspecified atom stereocenters. The molecule has 0 spiro atoms. The van der Waals surface area contributed by atoms with E-state index in [1.54, 1.807) is 0 Å². The Kier molecular flexibility index (Phi) is 4.59. The molecule has 1 N–H and O–H groups in total. The van der Waals surface area contributed by atoms with Crippen LogP contribution >= 0.6 is 11.8 Å². The van der Waals surface area contributed by atoms with Crippen LogP contribution in [0, 0.1) is 5.92 Å². The van der Waals surface area contributed by atoms with E-state index in [1.807, 2.05) is 18.7 Å². The van der Waals surface area contributed by atoms with E-state index >= 15 is 0 Å². The fraction of sp³-hybridized carbons (Fsp3) is 0.889. The summed E-state index contributed by atoms with van der Waals surface area (Å²) in [6, 6.07) is -0.171. The van der Waals surface area contributed by atoms with E-state index in [2.05, 4.69) is 10.1 Å². The normalized spacial score (nSPS) is 24.3. The van der Waals surface area contributed by atoms with Crippen LogP contribution in [-0.4, -0.2) is 37.2 Å². The first-order valence-electron chi connectivity index (χ1n) is 4.63. The fourth-order valence-corrected chi connectivity index (χ4v) is 2.63. The van der Waals surface area contributed by atoms with Gasteiger partial charge < -0.3 is 10.1 Å². The quantitative estimate of drug-likeness (QED) is 0.689. The van der Waals surface area contributed by atoms with Crippen molar-refractivity contribution in [3.63, 3.8) is 0 Å². The fourth-order valence-electron chi connectivity index (χ4n) is 1.35. The van der Waals surface area contributed by atoms with E-state index in [0.29, 0.717) is 0 Å².